The van der Waals surface area contributed by atoms with Gasteiger partial charge in [0.15, 0.2) is 0 Å². The maximum absolute atomic E-state index is 11.1. The number of rotatable bonds is 12. The molecule has 0 atom stereocenters. The number of esters is 1. The first kappa shape index (κ1) is 30.9. The molecule has 0 aromatic carbocycles. The van der Waals surface area contributed by atoms with Gasteiger partial charge in [0.1, 0.15) is 0 Å². The first-order valence-electron chi connectivity index (χ1n) is 9.03. The van der Waals surface area contributed by atoms with Gasteiger partial charge in [-0.05, 0) is 13.3 Å². The Bertz CT molecular complexity index is 595. The first-order valence-corrected chi connectivity index (χ1v) is 12.8. The molecule has 0 aliphatic heterocycles. The molecule has 0 bridgehead atoms. The molecule has 31 heavy (non-hydrogen) atoms. The molecular formula is C18H32O11Si2. The lowest BCUT2D eigenvalue weighted by Crippen LogP contribution is -2.47. The lowest BCUT2D eigenvalue weighted by atomic mass is 10.4. The molecule has 0 spiro atoms. The van der Waals surface area contributed by atoms with Crippen LogP contribution in [0.25, 0.3) is 0 Å². The van der Waals surface area contributed by atoms with Gasteiger partial charge in [-0.1, -0.05) is 13.2 Å². The summed E-state index contributed by atoms with van der Waals surface area (Å²) in [5, 5.41) is 0. The van der Waals surface area contributed by atoms with Crippen LogP contribution in [0.1, 0.15) is 34.1 Å². The fourth-order valence-corrected chi connectivity index (χ4v) is 5.19. The molecule has 0 saturated carbocycles. The highest BCUT2D eigenvalue weighted by atomic mass is 28.4. The summed E-state index contributed by atoms with van der Waals surface area (Å²) in [6.45, 7) is 12.1. The maximum Gasteiger partial charge on any atom is 0.734 e. The van der Waals surface area contributed by atoms with E-state index in [0.29, 0.717) is 24.6 Å². The number of hydrogen-bond acceptors (Lipinski definition) is 11. The summed E-state index contributed by atoms with van der Waals surface area (Å²) in [6.07, 6.45) is 0.640. The van der Waals surface area contributed by atoms with Crippen molar-refractivity contribution in [3.05, 3.63) is 24.4 Å². The Hall–Kier alpha value is -2.33. The standard InChI is InChI=1S/C10H20O5Si.C8H12O6Si/c1-9(2)10(11)15-7-6-8-16(12-3,13-4)14-5;1-5-15(12-6(2)9,13-7(3)10)14-8(4)11/h1,6-8H2,2-5H3;5H,1H2,2-4H3. The van der Waals surface area contributed by atoms with Crippen LogP contribution in [0.3, 0.4) is 0 Å². The Labute approximate surface area is 185 Å². The Balaban J connectivity index is 0. The largest absolute Gasteiger partial charge is 0.734 e. The third kappa shape index (κ3) is 13.6. The Kier molecular flexibility index (Phi) is 15.4. The van der Waals surface area contributed by atoms with E-state index in [2.05, 4.69) is 13.2 Å². The van der Waals surface area contributed by atoms with Crippen molar-refractivity contribution in [2.24, 2.45) is 0 Å². The fraction of sp³-hybridized carbons (Fsp3) is 0.556. The van der Waals surface area contributed by atoms with Crippen molar-refractivity contribution in [2.75, 3.05) is 27.9 Å². The van der Waals surface area contributed by atoms with E-state index in [1.165, 1.54) is 0 Å². The minimum absolute atomic E-state index is 0.316. The van der Waals surface area contributed by atoms with E-state index in [1.54, 1.807) is 28.3 Å². The van der Waals surface area contributed by atoms with Gasteiger partial charge < -0.3 is 31.3 Å². The molecule has 0 aromatic rings. The van der Waals surface area contributed by atoms with Crippen molar-refractivity contribution in [1.29, 1.82) is 0 Å². The summed E-state index contributed by atoms with van der Waals surface area (Å²) in [5.74, 6) is -2.53. The van der Waals surface area contributed by atoms with Crippen LogP contribution in [0.15, 0.2) is 24.4 Å². The second-order valence-electron chi connectivity index (χ2n) is 5.90. The third-order valence-corrected chi connectivity index (χ3v) is 8.30. The van der Waals surface area contributed by atoms with Crippen LogP contribution in [0.2, 0.25) is 6.04 Å². The average Bonchev–Trinajstić information content (AvgIpc) is 2.67. The summed E-state index contributed by atoms with van der Waals surface area (Å²) in [5.41, 5.74) is 1.44. The molecule has 0 rings (SSSR count). The van der Waals surface area contributed by atoms with Crippen LogP contribution < -0.4 is 0 Å². The molecule has 0 amide bonds. The maximum atomic E-state index is 11.1. The Morgan fingerprint density at radius 2 is 1.19 bits per heavy atom. The van der Waals surface area contributed by atoms with Gasteiger partial charge in [-0.3, -0.25) is 14.4 Å². The monoisotopic (exact) mass is 480 g/mol. The zero-order chi connectivity index (χ0) is 24.7. The summed E-state index contributed by atoms with van der Waals surface area (Å²) >= 11 is 0. The minimum Gasteiger partial charge on any atom is -0.462 e. The predicted molar refractivity (Wildman–Crippen MR) is 113 cm³/mol. The van der Waals surface area contributed by atoms with E-state index < -0.39 is 35.5 Å². The van der Waals surface area contributed by atoms with Gasteiger partial charge in [0, 0.05) is 59.4 Å². The van der Waals surface area contributed by atoms with Crippen LogP contribution in [0.5, 0.6) is 0 Å². The van der Waals surface area contributed by atoms with Gasteiger partial charge in [-0.2, -0.15) is 0 Å². The lowest BCUT2D eigenvalue weighted by molar-refractivity contribution is -0.147. The van der Waals surface area contributed by atoms with Crippen LogP contribution in [-0.4, -0.2) is 69.4 Å². The highest BCUT2D eigenvalue weighted by molar-refractivity contribution is 6.70. The minimum atomic E-state index is -3.74. The SMILES string of the molecule is C=C(C)C(=O)OCCC[Si](OC)(OC)OC.C=C[Si](OC(C)=O)(OC(C)=O)OC(C)=O. The van der Waals surface area contributed by atoms with Crippen molar-refractivity contribution in [3.8, 4) is 0 Å². The molecule has 0 aliphatic carbocycles. The second-order valence-corrected chi connectivity index (χ2v) is 11.2. The fourth-order valence-electron chi connectivity index (χ4n) is 1.92. The van der Waals surface area contributed by atoms with E-state index in [-0.39, 0.29) is 5.97 Å². The van der Waals surface area contributed by atoms with Gasteiger partial charge in [0.25, 0.3) is 17.9 Å². The number of carbonyl (C=O) groups is 4. The van der Waals surface area contributed by atoms with E-state index in [9.17, 15) is 19.2 Å². The predicted octanol–water partition coefficient (Wildman–Crippen LogP) is 1.71. The third-order valence-electron chi connectivity index (χ3n) is 3.25. The molecule has 11 nitrogen and oxygen atoms in total. The molecule has 13 heteroatoms. The van der Waals surface area contributed by atoms with Crippen LogP contribution >= 0.6 is 0 Å². The van der Waals surface area contributed by atoms with Crippen LogP contribution in [-0.2, 0) is 50.5 Å². The zero-order valence-corrected chi connectivity index (χ0v) is 21.1. The van der Waals surface area contributed by atoms with E-state index >= 15 is 0 Å². The summed E-state index contributed by atoms with van der Waals surface area (Å²) in [7, 11) is -1.61. The summed E-state index contributed by atoms with van der Waals surface area (Å²) < 4.78 is 34.7. The second kappa shape index (κ2) is 15.5. The summed E-state index contributed by atoms with van der Waals surface area (Å²) in [6, 6.07) is 0.611. The Morgan fingerprint density at radius 3 is 1.45 bits per heavy atom. The normalized spacial score (nSPS) is 10.7. The van der Waals surface area contributed by atoms with Crippen molar-refractivity contribution < 1.29 is 50.5 Å². The van der Waals surface area contributed by atoms with Gasteiger partial charge >= 0.3 is 23.6 Å². The quantitative estimate of drug-likeness (QED) is 0.175. The molecule has 0 unspecified atom stereocenters. The molecule has 0 N–H and O–H groups in total. The lowest BCUT2D eigenvalue weighted by Gasteiger charge is -2.24. The van der Waals surface area contributed by atoms with E-state index in [0.717, 1.165) is 26.5 Å². The van der Waals surface area contributed by atoms with Gasteiger partial charge in [-0.15, -0.1) is 0 Å². The molecule has 0 aromatic heterocycles. The number of hydrogen-bond donors (Lipinski definition) is 0. The number of carbonyl (C=O) groups excluding carboxylic acids is 4. The number of ether oxygens (including phenoxy) is 1. The molecule has 0 radical (unpaired) electrons. The first-order chi connectivity index (χ1) is 14.3. The highest BCUT2D eigenvalue weighted by Crippen LogP contribution is 2.15. The zero-order valence-electron chi connectivity index (χ0n) is 19.1. The molecule has 0 heterocycles. The molecule has 0 aliphatic rings. The van der Waals surface area contributed by atoms with Gasteiger partial charge in [-0.25, -0.2) is 4.79 Å². The average molecular weight is 481 g/mol. The van der Waals surface area contributed by atoms with Crippen molar-refractivity contribution in [1.82, 2.24) is 0 Å². The molecule has 0 saturated heterocycles. The van der Waals surface area contributed by atoms with Crippen molar-refractivity contribution in [3.63, 3.8) is 0 Å². The van der Waals surface area contributed by atoms with Crippen LogP contribution in [0, 0.1) is 0 Å². The van der Waals surface area contributed by atoms with Crippen molar-refractivity contribution in [2.45, 2.75) is 40.2 Å². The summed E-state index contributed by atoms with van der Waals surface area (Å²) in [4.78, 5) is 43.4. The Morgan fingerprint density at radius 1 is 0.806 bits per heavy atom. The van der Waals surface area contributed by atoms with Gasteiger partial charge in [0.05, 0.1) is 6.61 Å². The highest BCUT2D eigenvalue weighted by Gasteiger charge is 2.48. The molecule has 178 valence electrons. The van der Waals surface area contributed by atoms with Gasteiger partial charge in [0.2, 0.25) is 0 Å². The molecular weight excluding hydrogens is 448 g/mol. The topological polar surface area (TPSA) is 133 Å². The molecule has 0 fully saturated rings. The van der Waals surface area contributed by atoms with Crippen molar-refractivity contribution >= 4 is 41.5 Å². The smallest absolute Gasteiger partial charge is 0.462 e. The van der Waals surface area contributed by atoms with Crippen LogP contribution in [0.4, 0.5) is 0 Å². The van der Waals surface area contributed by atoms with E-state index in [1.807, 2.05) is 0 Å². The van der Waals surface area contributed by atoms with E-state index in [4.69, 9.17) is 31.3 Å².